The Morgan fingerprint density at radius 3 is 2.19 bits per heavy atom. The van der Waals surface area contributed by atoms with Crippen LogP contribution in [-0.4, -0.2) is 17.0 Å². The van der Waals surface area contributed by atoms with Crippen LogP contribution in [-0.2, 0) is 0 Å². The summed E-state index contributed by atoms with van der Waals surface area (Å²) in [4.78, 5) is 36.0. The maximum Gasteiger partial charge on any atom is 0.351 e. The van der Waals surface area contributed by atoms with E-state index in [-0.39, 0.29) is 16.7 Å². The molecule has 0 aliphatic carbocycles. The number of carbonyl (C=O) groups excluding carboxylic acids is 1. The van der Waals surface area contributed by atoms with Crippen LogP contribution < -0.4 is 10.4 Å². The van der Waals surface area contributed by atoms with Crippen LogP contribution in [0.15, 0.2) is 84.9 Å². The molecule has 0 amide bonds. The average Bonchev–Trinajstić information content (AvgIpc) is 2.77. The van der Waals surface area contributed by atoms with Crippen LogP contribution in [0.1, 0.15) is 20.7 Å². The molecule has 0 fully saturated rings. The maximum atomic E-state index is 12.8. The molecule has 0 aliphatic rings. The monoisotopic (exact) mass is 542 g/mol. The van der Waals surface area contributed by atoms with Crippen LogP contribution in [0.3, 0.4) is 0 Å². The molecule has 1 N–H and O–H groups in total. The van der Waals surface area contributed by atoms with E-state index in [1.54, 1.807) is 30.3 Å². The summed E-state index contributed by atoms with van der Waals surface area (Å²) in [6, 6.07) is 19.3. The highest BCUT2D eigenvalue weighted by Crippen LogP contribution is 2.39. The van der Waals surface area contributed by atoms with Crippen LogP contribution in [0, 0.1) is 0 Å². The van der Waals surface area contributed by atoms with Crippen molar-refractivity contribution in [2.45, 2.75) is 0 Å². The van der Waals surface area contributed by atoms with E-state index in [1.807, 2.05) is 30.3 Å². The second-order valence-electron chi connectivity index (χ2n) is 6.51. The third kappa shape index (κ3) is 4.17. The zero-order chi connectivity index (χ0) is 22.1. The van der Waals surface area contributed by atoms with Gasteiger partial charge < -0.3 is 14.3 Å². The number of ether oxygens (including phenoxy) is 1. The van der Waals surface area contributed by atoms with Crippen molar-refractivity contribution in [3.63, 3.8) is 0 Å². The van der Waals surface area contributed by atoms with Crippen molar-refractivity contribution in [2.75, 3.05) is 0 Å². The van der Waals surface area contributed by atoms with Gasteiger partial charge in [0.15, 0.2) is 11.3 Å². The van der Waals surface area contributed by atoms with Crippen LogP contribution in [0.4, 0.5) is 0 Å². The van der Waals surface area contributed by atoms with Crippen molar-refractivity contribution in [1.29, 1.82) is 0 Å². The van der Waals surface area contributed by atoms with E-state index >= 15 is 0 Å². The minimum atomic E-state index is -1.41. The quantitative estimate of drug-likeness (QED) is 0.195. The van der Waals surface area contributed by atoms with Crippen LogP contribution in [0.5, 0.6) is 5.75 Å². The molecule has 0 saturated heterocycles. The minimum absolute atomic E-state index is 0.0319. The largest absolute Gasteiger partial charge is 0.477 e. The zero-order valence-electron chi connectivity index (χ0n) is 15.6. The molecule has 0 radical (unpaired) electrons. The zero-order valence-corrected chi connectivity index (χ0v) is 18.8. The van der Waals surface area contributed by atoms with Gasteiger partial charge in [-0.2, -0.15) is 0 Å². The number of esters is 1. The van der Waals surface area contributed by atoms with E-state index < -0.39 is 23.1 Å². The van der Waals surface area contributed by atoms with Crippen molar-refractivity contribution in [1.82, 2.24) is 0 Å². The van der Waals surface area contributed by atoms with Gasteiger partial charge in [-0.25, -0.2) is 14.4 Å². The Balaban J connectivity index is 1.71. The molecular formula is C23H12Br2O6. The fourth-order valence-corrected chi connectivity index (χ4v) is 3.80. The molecule has 0 aliphatic heterocycles. The summed E-state index contributed by atoms with van der Waals surface area (Å²) in [5.41, 5.74) is 0.648. The van der Waals surface area contributed by atoms with Gasteiger partial charge in [0, 0.05) is 9.86 Å². The second kappa shape index (κ2) is 8.49. The smallest absolute Gasteiger partial charge is 0.351 e. The standard InChI is InChI=1S/C23H12Br2O6/c24-17-11-15-10-16(21(26)27)23(29)30-19(15)20(18(17)25)31-22(28)14-8-6-13(7-9-14)12-4-2-1-3-5-12/h1-11H,(H,26,27). The number of rotatable bonds is 4. The summed E-state index contributed by atoms with van der Waals surface area (Å²) >= 11 is 6.64. The number of hydrogen-bond acceptors (Lipinski definition) is 5. The van der Waals surface area contributed by atoms with Gasteiger partial charge in [0.05, 0.1) is 10.0 Å². The first-order valence-corrected chi connectivity index (χ1v) is 10.5. The van der Waals surface area contributed by atoms with Gasteiger partial charge >= 0.3 is 17.6 Å². The Morgan fingerprint density at radius 2 is 1.55 bits per heavy atom. The summed E-state index contributed by atoms with van der Waals surface area (Å²) in [7, 11) is 0. The molecule has 154 valence electrons. The lowest BCUT2D eigenvalue weighted by Gasteiger charge is -2.11. The third-order valence-electron chi connectivity index (χ3n) is 4.53. The molecule has 1 heterocycles. The average molecular weight is 544 g/mol. The fraction of sp³-hybridized carbons (Fsp3) is 0. The van der Waals surface area contributed by atoms with Crippen molar-refractivity contribution < 1.29 is 23.8 Å². The van der Waals surface area contributed by atoms with Gasteiger partial charge in [0.2, 0.25) is 0 Å². The molecule has 0 bridgehead atoms. The number of carboxylic acids is 1. The first kappa shape index (κ1) is 21.0. The summed E-state index contributed by atoms with van der Waals surface area (Å²) in [5, 5.41) is 9.44. The topological polar surface area (TPSA) is 93.8 Å². The summed E-state index contributed by atoms with van der Waals surface area (Å²) in [6.45, 7) is 0. The molecule has 31 heavy (non-hydrogen) atoms. The Morgan fingerprint density at radius 1 is 0.903 bits per heavy atom. The lowest BCUT2D eigenvalue weighted by Crippen LogP contribution is -2.14. The number of halogens is 2. The van der Waals surface area contributed by atoms with Gasteiger partial charge in [-0.05, 0) is 67.3 Å². The number of carbonyl (C=O) groups is 2. The Hall–Kier alpha value is -3.23. The Labute approximate surface area is 192 Å². The normalized spacial score (nSPS) is 10.8. The fourth-order valence-electron chi connectivity index (χ4n) is 3.00. The Kier molecular flexibility index (Phi) is 5.75. The first-order chi connectivity index (χ1) is 14.8. The van der Waals surface area contributed by atoms with Crippen LogP contribution >= 0.6 is 31.9 Å². The van der Waals surface area contributed by atoms with Gasteiger partial charge in [0.25, 0.3) is 0 Å². The van der Waals surface area contributed by atoms with Crippen molar-refractivity contribution in [3.05, 3.63) is 97.2 Å². The summed E-state index contributed by atoms with van der Waals surface area (Å²) in [6.07, 6.45) is 0. The SMILES string of the molecule is O=C(Oc1c(Br)c(Br)cc2cc(C(=O)O)c(=O)oc12)c1ccc(-c2ccccc2)cc1. The van der Waals surface area contributed by atoms with Gasteiger partial charge in [-0.15, -0.1) is 0 Å². The lowest BCUT2D eigenvalue weighted by atomic mass is 10.0. The van der Waals surface area contributed by atoms with Gasteiger partial charge in [-0.1, -0.05) is 42.5 Å². The molecule has 0 atom stereocenters. The number of fused-ring (bicyclic) bond motifs is 1. The number of carboxylic acid groups (broad SMARTS) is 1. The first-order valence-electron chi connectivity index (χ1n) is 8.92. The van der Waals surface area contributed by atoms with Crippen molar-refractivity contribution >= 4 is 54.8 Å². The molecule has 6 nitrogen and oxygen atoms in total. The van der Waals surface area contributed by atoms with Crippen molar-refractivity contribution in [2.24, 2.45) is 0 Å². The molecule has 4 rings (SSSR count). The summed E-state index contributed by atoms with van der Waals surface area (Å²) in [5.74, 6) is -2.10. The highest BCUT2D eigenvalue weighted by molar-refractivity contribution is 9.13. The minimum Gasteiger partial charge on any atom is -0.477 e. The molecular weight excluding hydrogens is 532 g/mol. The molecule has 1 aromatic heterocycles. The van der Waals surface area contributed by atoms with Crippen LogP contribution in [0.25, 0.3) is 22.1 Å². The molecule has 0 saturated carbocycles. The van der Waals surface area contributed by atoms with Crippen LogP contribution in [0.2, 0.25) is 0 Å². The second-order valence-corrected chi connectivity index (χ2v) is 8.15. The van der Waals surface area contributed by atoms with Gasteiger partial charge in [0.1, 0.15) is 5.56 Å². The summed E-state index contributed by atoms with van der Waals surface area (Å²) < 4.78 is 11.5. The van der Waals surface area contributed by atoms with Crippen molar-refractivity contribution in [3.8, 4) is 16.9 Å². The highest BCUT2D eigenvalue weighted by Gasteiger charge is 2.21. The van der Waals surface area contributed by atoms with Gasteiger partial charge in [-0.3, -0.25) is 0 Å². The van der Waals surface area contributed by atoms with E-state index in [1.165, 1.54) is 6.07 Å². The molecule has 8 heteroatoms. The van der Waals surface area contributed by atoms with E-state index in [4.69, 9.17) is 14.3 Å². The number of hydrogen-bond donors (Lipinski definition) is 1. The maximum absolute atomic E-state index is 12.8. The number of aromatic carboxylic acids is 1. The molecule has 0 unspecified atom stereocenters. The third-order valence-corrected chi connectivity index (χ3v) is 6.47. The lowest BCUT2D eigenvalue weighted by molar-refractivity contribution is 0.0688. The molecule has 0 spiro atoms. The number of benzene rings is 3. The Bertz CT molecular complexity index is 1380. The predicted octanol–water partition coefficient (Wildman–Crippen LogP) is 5.90. The molecule has 3 aromatic carbocycles. The van der Waals surface area contributed by atoms with E-state index in [9.17, 15) is 14.4 Å². The predicted molar refractivity (Wildman–Crippen MR) is 122 cm³/mol. The van der Waals surface area contributed by atoms with E-state index in [0.717, 1.165) is 11.1 Å². The highest BCUT2D eigenvalue weighted by atomic mass is 79.9. The van der Waals surface area contributed by atoms with E-state index in [0.29, 0.717) is 14.5 Å². The van der Waals surface area contributed by atoms with E-state index in [2.05, 4.69) is 31.9 Å². The molecule has 4 aromatic rings.